The van der Waals surface area contributed by atoms with Gasteiger partial charge in [0.2, 0.25) is 10.0 Å². The second-order valence-corrected chi connectivity index (χ2v) is 9.28. The molecule has 0 saturated carbocycles. The Balaban J connectivity index is 1.85. The molecular weight excluding hydrogens is 394 g/mol. The van der Waals surface area contributed by atoms with Gasteiger partial charge in [-0.3, -0.25) is 4.99 Å². The Bertz CT molecular complexity index is 1140. The van der Waals surface area contributed by atoms with Gasteiger partial charge in [-0.15, -0.1) is 0 Å². The van der Waals surface area contributed by atoms with E-state index in [2.05, 4.69) is 60.7 Å². The van der Waals surface area contributed by atoms with Crippen LogP contribution in [0.4, 0.5) is 5.69 Å². The van der Waals surface area contributed by atoms with Gasteiger partial charge in [0.25, 0.3) is 0 Å². The zero-order chi connectivity index (χ0) is 21.9. The fourth-order valence-electron chi connectivity index (χ4n) is 3.57. The lowest BCUT2D eigenvalue weighted by Crippen LogP contribution is -2.30. The molecule has 30 heavy (non-hydrogen) atoms. The highest BCUT2D eigenvalue weighted by Gasteiger charge is 2.21. The van der Waals surface area contributed by atoms with Crippen molar-refractivity contribution >= 4 is 21.9 Å². The predicted molar refractivity (Wildman–Crippen MR) is 124 cm³/mol. The Labute approximate surface area is 179 Å². The van der Waals surface area contributed by atoms with Crippen LogP contribution in [0.15, 0.2) is 64.5 Å². The minimum atomic E-state index is -3.45. The first-order valence-electron chi connectivity index (χ1n) is 10.2. The highest BCUT2D eigenvalue weighted by Crippen LogP contribution is 2.22. The van der Waals surface area contributed by atoms with Crippen molar-refractivity contribution in [2.75, 3.05) is 13.1 Å². The van der Waals surface area contributed by atoms with E-state index < -0.39 is 10.0 Å². The summed E-state index contributed by atoms with van der Waals surface area (Å²) >= 11 is 0. The fourth-order valence-corrected chi connectivity index (χ4v) is 5.03. The van der Waals surface area contributed by atoms with Crippen molar-refractivity contribution in [3.63, 3.8) is 0 Å². The van der Waals surface area contributed by atoms with E-state index in [1.807, 2.05) is 20.1 Å². The van der Waals surface area contributed by atoms with Crippen molar-refractivity contribution in [1.82, 2.24) is 8.87 Å². The summed E-state index contributed by atoms with van der Waals surface area (Å²) in [6.45, 7) is 10.8. The molecule has 158 valence electrons. The quantitative estimate of drug-likeness (QED) is 0.492. The van der Waals surface area contributed by atoms with Gasteiger partial charge in [0.15, 0.2) is 0 Å². The number of aliphatic imine (C=N–C) groups is 1. The lowest BCUT2D eigenvalue weighted by molar-refractivity contribution is 0.445. The van der Waals surface area contributed by atoms with Crippen LogP contribution in [0.5, 0.6) is 0 Å². The average Bonchev–Trinajstić information content (AvgIpc) is 3.01. The average molecular weight is 424 g/mol. The van der Waals surface area contributed by atoms with Crippen molar-refractivity contribution < 1.29 is 8.42 Å². The summed E-state index contributed by atoms with van der Waals surface area (Å²) < 4.78 is 28.9. The molecule has 0 amide bonds. The van der Waals surface area contributed by atoms with Crippen LogP contribution in [0.3, 0.4) is 0 Å². The Morgan fingerprint density at radius 1 is 0.933 bits per heavy atom. The third-order valence-corrected chi connectivity index (χ3v) is 7.36. The number of nitrogens with zero attached hydrogens (tertiary/aromatic N) is 3. The molecule has 0 unspecified atom stereocenters. The van der Waals surface area contributed by atoms with Crippen LogP contribution in [-0.4, -0.2) is 36.6 Å². The third kappa shape index (κ3) is 4.40. The van der Waals surface area contributed by atoms with Gasteiger partial charge < -0.3 is 4.57 Å². The van der Waals surface area contributed by atoms with E-state index in [0.29, 0.717) is 23.7 Å². The van der Waals surface area contributed by atoms with E-state index in [1.54, 1.807) is 24.3 Å². The molecule has 0 saturated heterocycles. The summed E-state index contributed by atoms with van der Waals surface area (Å²) in [4.78, 5) is 4.86. The molecule has 0 aliphatic rings. The molecule has 0 bridgehead atoms. The zero-order valence-electron chi connectivity index (χ0n) is 18.3. The second-order valence-electron chi connectivity index (χ2n) is 7.34. The number of hydrogen-bond donors (Lipinski definition) is 0. The number of aromatic nitrogens is 1. The molecule has 3 aromatic rings. The largest absolute Gasteiger partial charge is 0.318 e. The van der Waals surface area contributed by atoms with Crippen molar-refractivity contribution in [2.24, 2.45) is 4.99 Å². The Morgan fingerprint density at radius 2 is 1.53 bits per heavy atom. The summed E-state index contributed by atoms with van der Waals surface area (Å²) in [7, 11) is -3.45. The van der Waals surface area contributed by atoms with Gasteiger partial charge in [-0.1, -0.05) is 31.5 Å². The minimum Gasteiger partial charge on any atom is -0.318 e. The summed E-state index contributed by atoms with van der Waals surface area (Å²) in [6, 6.07) is 17.3. The Hall–Kier alpha value is -2.70. The third-order valence-electron chi connectivity index (χ3n) is 5.30. The van der Waals surface area contributed by atoms with Gasteiger partial charge >= 0.3 is 0 Å². The molecule has 2 aromatic carbocycles. The van der Waals surface area contributed by atoms with E-state index in [4.69, 9.17) is 0 Å². The van der Waals surface area contributed by atoms with Crippen LogP contribution in [0.2, 0.25) is 0 Å². The standard InChI is InChI=1S/C24H29N3O2S/c1-6-26(7-2)30(28,29)24-14-10-22(11-15-24)25-17-21-16-19(4)27(20(21)5)23-12-8-18(3)9-13-23/h8-17H,6-7H2,1-5H3. The highest BCUT2D eigenvalue weighted by atomic mass is 32.2. The molecule has 0 fully saturated rings. The molecule has 1 heterocycles. The van der Waals surface area contributed by atoms with E-state index >= 15 is 0 Å². The maximum absolute atomic E-state index is 12.6. The normalized spacial score (nSPS) is 12.2. The summed E-state index contributed by atoms with van der Waals surface area (Å²) in [6.07, 6.45) is 1.83. The molecule has 3 rings (SSSR count). The van der Waals surface area contributed by atoms with Crippen molar-refractivity contribution in [2.45, 2.75) is 39.5 Å². The molecule has 5 nitrogen and oxygen atoms in total. The lowest BCUT2D eigenvalue weighted by Gasteiger charge is -2.18. The van der Waals surface area contributed by atoms with E-state index in [0.717, 1.165) is 22.6 Å². The molecular formula is C24H29N3O2S. The number of hydrogen-bond acceptors (Lipinski definition) is 3. The first-order valence-corrected chi connectivity index (χ1v) is 11.6. The van der Waals surface area contributed by atoms with Crippen LogP contribution >= 0.6 is 0 Å². The number of benzene rings is 2. The topological polar surface area (TPSA) is 54.7 Å². The van der Waals surface area contributed by atoms with Gasteiger partial charge in [0, 0.05) is 41.9 Å². The Morgan fingerprint density at radius 3 is 2.10 bits per heavy atom. The molecule has 6 heteroatoms. The molecule has 0 aliphatic heterocycles. The smallest absolute Gasteiger partial charge is 0.243 e. The molecule has 1 aromatic heterocycles. The van der Waals surface area contributed by atoms with Crippen molar-refractivity contribution in [1.29, 1.82) is 0 Å². The molecule has 0 radical (unpaired) electrons. The second kappa shape index (κ2) is 8.98. The lowest BCUT2D eigenvalue weighted by atomic mass is 10.2. The first-order chi connectivity index (χ1) is 14.3. The van der Waals surface area contributed by atoms with E-state index in [9.17, 15) is 8.42 Å². The molecule has 0 atom stereocenters. The van der Waals surface area contributed by atoms with Crippen LogP contribution in [0, 0.1) is 20.8 Å². The molecule has 0 aliphatic carbocycles. The maximum atomic E-state index is 12.6. The van der Waals surface area contributed by atoms with Crippen LogP contribution in [-0.2, 0) is 10.0 Å². The number of aryl methyl sites for hydroxylation is 2. The van der Waals surface area contributed by atoms with Gasteiger partial charge in [0.05, 0.1) is 10.6 Å². The van der Waals surface area contributed by atoms with Crippen LogP contribution < -0.4 is 0 Å². The van der Waals surface area contributed by atoms with Gasteiger partial charge in [0.1, 0.15) is 0 Å². The number of sulfonamides is 1. The first kappa shape index (κ1) is 22.0. The highest BCUT2D eigenvalue weighted by molar-refractivity contribution is 7.89. The summed E-state index contributed by atoms with van der Waals surface area (Å²) in [5, 5.41) is 0. The van der Waals surface area contributed by atoms with Crippen molar-refractivity contribution in [3.05, 3.63) is 77.1 Å². The summed E-state index contributed by atoms with van der Waals surface area (Å²) in [5.74, 6) is 0. The summed E-state index contributed by atoms with van der Waals surface area (Å²) in [5.41, 5.74) is 6.36. The van der Waals surface area contributed by atoms with Crippen LogP contribution in [0.25, 0.3) is 5.69 Å². The fraction of sp³-hybridized carbons (Fsp3) is 0.292. The van der Waals surface area contributed by atoms with Gasteiger partial charge in [-0.2, -0.15) is 4.31 Å². The van der Waals surface area contributed by atoms with Crippen LogP contribution in [0.1, 0.15) is 36.4 Å². The Kier molecular flexibility index (Phi) is 6.58. The minimum absolute atomic E-state index is 0.294. The SMILES string of the molecule is CCN(CC)S(=O)(=O)c1ccc(N=Cc2cc(C)n(-c3ccc(C)cc3)c2C)cc1. The molecule has 0 spiro atoms. The van der Waals surface area contributed by atoms with Crippen molar-refractivity contribution in [3.8, 4) is 5.69 Å². The van der Waals surface area contributed by atoms with Gasteiger partial charge in [-0.05, 0) is 63.2 Å². The van der Waals surface area contributed by atoms with E-state index in [1.165, 1.54) is 9.87 Å². The maximum Gasteiger partial charge on any atom is 0.243 e. The van der Waals surface area contributed by atoms with Gasteiger partial charge in [-0.25, -0.2) is 8.42 Å². The monoisotopic (exact) mass is 423 g/mol. The molecule has 0 N–H and O–H groups in total. The van der Waals surface area contributed by atoms with E-state index in [-0.39, 0.29) is 0 Å². The zero-order valence-corrected chi connectivity index (χ0v) is 19.1. The predicted octanol–water partition coefficient (Wildman–Crippen LogP) is 5.18. The number of rotatable bonds is 7.